The number of allylic oxidation sites excluding steroid dienone is 4. The molecule has 0 saturated carbocycles. The molecule has 0 aromatic heterocycles. The van der Waals surface area contributed by atoms with Crippen molar-refractivity contribution in [1.82, 2.24) is 0 Å². The quantitative estimate of drug-likeness (QED) is 0.104. The molecule has 1 aliphatic carbocycles. The fraction of sp³-hybridized carbons (Fsp3) is 0.467. The van der Waals surface area contributed by atoms with Gasteiger partial charge in [0.05, 0.1) is 24.7 Å². The molecule has 1 atom stereocenters. The van der Waals surface area contributed by atoms with Crippen molar-refractivity contribution in [3.8, 4) is 0 Å². The monoisotopic (exact) mass is 606 g/mol. The molecule has 1 aromatic rings. The zero-order valence-corrected chi connectivity index (χ0v) is 25.6. The van der Waals surface area contributed by atoms with Gasteiger partial charge in [-0.15, -0.1) is 11.8 Å². The molecule has 0 aliphatic heterocycles. The van der Waals surface area contributed by atoms with E-state index in [1.807, 2.05) is 56.4 Å². The molecule has 1 aliphatic rings. The third kappa shape index (κ3) is 11.6. The number of rotatable bonds is 17. The van der Waals surface area contributed by atoms with Crippen molar-refractivity contribution in [2.45, 2.75) is 44.3 Å². The first-order valence-corrected chi connectivity index (χ1v) is 15.4. The van der Waals surface area contributed by atoms with Gasteiger partial charge in [0.25, 0.3) is 0 Å². The fourth-order valence-corrected chi connectivity index (χ4v) is 5.01. The number of carbonyl (C=O) groups excluding carboxylic acids is 4. The number of thioether (sulfide) groups is 1. The van der Waals surface area contributed by atoms with Gasteiger partial charge in [0.1, 0.15) is 19.8 Å². The second-order valence-electron chi connectivity index (χ2n) is 9.57. The van der Waals surface area contributed by atoms with Gasteiger partial charge in [-0.1, -0.05) is 67.6 Å². The third-order valence-corrected chi connectivity index (χ3v) is 8.06. The summed E-state index contributed by atoms with van der Waals surface area (Å²) in [7, 11) is 0. The maximum absolute atomic E-state index is 12.8. The van der Waals surface area contributed by atoms with Crippen molar-refractivity contribution >= 4 is 60.7 Å². The van der Waals surface area contributed by atoms with Crippen LogP contribution in [0.15, 0.2) is 66.3 Å². The summed E-state index contributed by atoms with van der Waals surface area (Å²) in [4.78, 5) is 49.3. The number of esters is 3. The first-order chi connectivity index (χ1) is 19.2. The lowest BCUT2D eigenvalue weighted by atomic mass is 9.88. The van der Waals surface area contributed by atoms with E-state index in [1.54, 1.807) is 30.0 Å². The van der Waals surface area contributed by atoms with E-state index >= 15 is 0 Å². The summed E-state index contributed by atoms with van der Waals surface area (Å²) in [6.07, 6.45) is 10.3. The first-order valence-electron chi connectivity index (χ1n) is 13.2. The molecule has 0 spiro atoms. The van der Waals surface area contributed by atoms with Crippen molar-refractivity contribution in [3.63, 3.8) is 0 Å². The van der Waals surface area contributed by atoms with Crippen molar-refractivity contribution in [1.29, 1.82) is 0 Å². The summed E-state index contributed by atoms with van der Waals surface area (Å²) in [5.41, 5.74) is 0.363. The fourth-order valence-electron chi connectivity index (χ4n) is 3.60. The minimum atomic E-state index is -0.854. The Bertz CT molecular complexity index is 1080. The molecule has 40 heavy (non-hydrogen) atoms. The lowest BCUT2D eigenvalue weighted by Crippen LogP contribution is -2.39. The molecule has 1 aromatic carbocycles. The van der Waals surface area contributed by atoms with Crippen LogP contribution in [0.1, 0.15) is 49.9 Å². The predicted octanol–water partition coefficient (Wildman–Crippen LogP) is 5.47. The standard InChI is InChI=1S/C30H38O7S3/c1-3-30(20-35-25(31)12-17-38,21-36-26(32)13-18-39)22-37-27(33)14-19-40-29(2)15-7-10-24(11-16-29)28(34)23-8-5-4-6-9-23/h4-11,15-16,38-39H,3,12-14,17-22H2,1-2H3. The van der Waals surface area contributed by atoms with Gasteiger partial charge in [-0.2, -0.15) is 25.3 Å². The zero-order chi connectivity index (χ0) is 29.4. The molecule has 0 N–H and O–H groups in total. The SMILES string of the molecule is CCC(COC(=O)CCS)(COC(=O)CCS)COC(=O)CCSC1(C)C=CC=C(C(=O)c2ccccc2)C=C1. The van der Waals surface area contributed by atoms with Gasteiger partial charge in [-0.3, -0.25) is 19.2 Å². The largest absolute Gasteiger partial charge is 0.465 e. The van der Waals surface area contributed by atoms with Crippen molar-refractivity contribution < 1.29 is 33.4 Å². The van der Waals surface area contributed by atoms with E-state index in [1.165, 1.54) is 0 Å². The molecule has 0 fully saturated rings. The second kappa shape index (κ2) is 17.4. The number of hydrogen-bond acceptors (Lipinski definition) is 10. The minimum absolute atomic E-state index is 0.0447. The van der Waals surface area contributed by atoms with Crippen LogP contribution >= 0.6 is 37.0 Å². The highest BCUT2D eigenvalue weighted by atomic mass is 32.2. The summed E-state index contributed by atoms with van der Waals surface area (Å²) in [6.45, 7) is 3.73. The summed E-state index contributed by atoms with van der Waals surface area (Å²) in [5.74, 6) is -0.102. The zero-order valence-electron chi connectivity index (χ0n) is 23.0. The number of benzene rings is 1. The molecule has 0 heterocycles. The Labute approximate surface area is 252 Å². The summed E-state index contributed by atoms with van der Waals surface area (Å²) in [6, 6.07) is 9.11. The van der Waals surface area contributed by atoms with Crippen molar-refractivity contribution in [2.24, 2.45) is 5.41 Å². The average molecular weight is 607 g/mol. The Morgan fingerprint density at radius 1 is 0.850 bits per heavy atom. The van der Waals surface area contributed by atoms with Crippen LogP contribution in [-0.4, -0.2) is 65.5 Å². The summed E-state index contributed by atoms with van der Waals surface area (Å²) < 4.78 is 15.9. The van der Waals surface area contributed by atoms with Gasteiger partial charge in [0, 0.05) is 33.1 Å². The number of hydrogen-bond donors (Lipinski definition) is 2. The molecule has 0 amide bonds. The average Bonchev–Trinajstić information content (AvgIpc) is 3.15. The molecular formula is C30H38O7S3. The Balaban J connectivity index is 1.91. The van der Waals surface area contributed by atoms with E-state index in [0.717, 1.165) is 0 Å². The summed E-state index contributed by atoms with van der Waals surface area (Å²) >= 11 is 9.64. The highest BCUT2D eigenvalue weighted by molar-refractivity contribution is 8.01. The highest BCUT2D eigenvalue weighted by Crippen LogP contribution is 2.32. The van der Waals surface area contributed by atoms with Gasteiger partial charge in [0.15, 0.2) is 5.78 Å². The first kappa shape index (κ1) is 33.8. The molecular weight excluding hydrogens is 569 g/mol. The molecule has 0 saturated heterocycles. The lowest BCUT2D eigenvalue weighted by molar-refractivity contribution is -0.161. The van der Waals surface area contributed by atoms with E-state index < -0.39 is 28.1 Å². The molecule has 0 radical (unpaired) electrons. The van der Waals surface area contributed by atoms with Crippen LogP contribution in [0.25, 0.3) is 0 Å². The summed E-state index contributed by atoms with van der Waals surface area (Å²) in [5, 5.41) is 0. The molecule has 1 unspecified atom stereocenters. The highest BCUT2D eigenvalue weighted by Gasteiger charge is 2.34. The van der Waals surface area contributed by atoms with Crippen LogP contribution in [-0.2, 0) is 28.6 Å². The maximum atomic E-state index is 12.8. The number of ketones is 1. The van der Waals surface area contributed by atoms with Crippen LogP contribution in [0, 0.1) is 5.41 Å². The maximum Gasteiger partial charge on any atom is 0.306 e. The Kier molecular flexibility index (Phi) is 14.7. The van der Waals surface area contributed by atoms with Crippen molar-refractivity contribution in [2.75, 3.05) is 37.1 Å². The van der Waals surface area contributed by atoms with Gasteiger partial charge >= 0.3 is 17.9 Å². The van der Waals surface area contributed by atoms with E-state index in [0.29, 0.717) is 34.8 Å². The van der Waals surface area contributed by atoms with E-state index in [9.17, 15) is 19.2 Å². The molecule has 0 bridgehead atoms. The number of carbonyl (C=O) groups is 4. The molecule has 7 nitrogen and oxygen atoms in total. The van der Waals surface area contributed by atoms with Crippen LogP contribution in [0.2, 0.25) is 0 Å². The molecule has 2 rings (SSSR count). The van der Waals surface area contributed by atoms with E-state index in [2.05, 4.69) is 25.3 Å². The smallest absolute Gasteiger partial charge is 0.306 e. The minimum Gasteiger partial charge on any atom is -0.465 e. The number of ether oxygens (including phenoxy) is 3. The Morgan fingerprint density at radius 3 is 1.93 bits per heavy atom. The van der Waals surface area contributed by atoms with E-state index in [-0.39, 0.29) is 44.9 Å². The third-order valence-electron chi connectivity index (χ3n) is 6.31. The van der Waals surface area contributed by atoms with Crippen molar-refractivity contribution in [3.05, 3.63) is 71.8 Å². The Morgan fingerprint density at radius 2 is 1.40 bits per heavy atom. The number of thiol groups is 2. The lowest BCUT2D eigenvalue weighted by Gasteiger charge is -2.31. The van der Waals surface area contributed by atoms with Crippen LogP contribution in [0.4, 0.5) is 0 Å². The normalized spacial score (nSPS) is 16.6. The van der Waals surface area contributed by atoms with Gasteiger partial charge in [-0.25, -0.2) is 0 Å². The molecule has 10 heteroatoms. The van der Waals surface area contributed by atoms with Crippen LogP contribution in [0.3, 0.4) is 0 Å². The molecule has 218 valence electrons. The number of Topliss-reactive ketones (excluding diaryl/α,β-unsaturated/α-hetero) is 1. The van der Waals surface area contributed by atoms with Gasteiger partial charge in [-0.05, 0) is 13.3 Å². The predicted molar refractivity (Wildman–Crippen MR) is 165 cm³/mol. The van der Waals surface area contributed by atoms with Crippen LogP contribution in [0.5, 0.6) is 0 Å². The van der Waals surface area contributed by atoms with Gasteiger partial charge < -0.3 is 14.2 Å². The second-order valence-corrected chi connectivity index (χ2v) is 12.0. The Hall–Kier alpha value is -2.43. The van der Waals surface area contributed by atoms with Gasteiger partial charge in [0.2, 0.25) is 0 Å². The van der Waals surface area contributed by atoms with Crippen LogP contribution < -0.4 is 0 Å². The topological polar surface area (TPSA) is 96.0 Å². The van der Waals surface area contributed by atoms with E-state index in [4.69, 9.17) is 14.2 Å².